The quantitative estimate of drug-likeness (QED) is 0.124. The van der Waals surface area contributed by atoms with E-state index in [9.17, 15) is 10.5 Å². The topological polar surface area (TPSA) is 156 Å². The lowest BCUT2D eigenvalue weighted by Crippen LogP contribution is -2.57. The number of thioether (sulfide) groups is 1. The Bertz CT molecular complexity index is 2480. The second-order valence-electron chi connectivity index (χ2n) is 17.0. The van der Waals surface area contributed by atoms with Gasteiger partial charge in [0, 0.05) is 92.9 Å². The summed E-state index contributed by atoms with van der Waals surface area (Å²) in [6, 6.07) is 25.9. The minimum atomic E-state index is -0.297. The van der Waals surface area contributed by atoms with Crippen LogP contribution in [0, 0.1) is 22.7 Å². The summed E-state index contributed by atoms with van der Waals surface area (Å²) < 4.78 is 17.2. The maximum absolute atomic E-state index is 11.0. The monoisotopic (exact) mass is 883 g/mol. The molecule has 0 saturated carbocycles. The fraction of sp³-hybridized carbons (Fsp3) is 0.426. The molecule has 14 nitrogen and oxygen atoms in total. The van der Waals surface area contributed by atoms with Gasteiger partial charge in [0.25, 0.3) is 0 Å². The van der Waals surface area contributed by atoms with Gasteiger partial charge in [-0.2, -0.15) is 20.5 Å². The van der Waals surface area contributed by atoms with Gasteiger partial charge in [-0.05, 0) is 68.3 Å². The summed E-state index contributed by atoms with van der Waals surface area (Å²) in [5.74, 6) is 4.24. The van der Waals surface area contributed by atoms with Crippen LogP contribution in [0.1, 0.15) is 64.1 Å². The van der Waals surface area contributed by atoms with Crippen molar-refractivity contribution in [3.8, 4) is 29.6 Å². The second kappa shape index (κ2) is 17.8. The number of rotatable bonds is 14. The molecule has 0 unspecified atom stereocenters. The molecule has 2 N–H and O–H groups in total. The number of hydrogen-bond acceptors (Lipinski definition) is 16. The smallest absolute Gasteiger partial charge is 0.320 e. The first-order valence-corrected chi connectivity index (χ1v) is 23.2. The number of hydrogen-bond donors (Lipinski definition) is 1. The van der Waals surface area contributed by atoms with E-state index in [1.54, 1.807) is 14.2 Å². The number of nitrogens with two attached hydrogens (primary N) is 1. The number of thiophene rings is 1. The van der Waals surface area contributed by atoms with Crippen LogP contribution in [-0.2, 0) is 23.6 Å². The van der Waals surface area contributed by atoms with Crippen molar-refractivity contribution in [2.75, 3.05) is 88.1 Å². The summed E-state index contributed by atoms with van der Waals surface area (Å²) in [5, 5.41) is 21.7. The first-order valence-electron chi connectivity index (χ1n) is 21.4. The molecule has 2 aromatic carbocycles. The highest BCUT2D eigenvalue weighted by molar-refractivity contribution is 8.00. The first kappa shape index (κ1) is 42.5. The van der Waals surface area contributed by atoms with Crippen LogP contribution >= 0.6 is 23.1 Å². The van der Waals surface area contributed by atoms with Crippen molar-refractivity contribution in [1.82, 2.24) is 24.8 Å². The molecule has 9 rings (SSSR count). The van der Waals surface area contributed by atoms with Crippen LogP contribution < -0.4 is 34.6 Å². The Balaban J connectivity index is 1.05. The number of pyridine rings is 1. The SMILES string of the molecule is COc1ccc(CN(Cc2ccc(OC)cc2)c2ncccc2[C@@H](C)N(C)c2nc(OC[C@@H]3CC[C@H]4CN(C)CCN34)nc(N3CC4(C3)SCc3sc(N)c(C#N)c34)c2C#N)cc1. The lowest BCUT2D eigenvalue weighted by molar-refractivity contribution is 0.0716. The zero-order valence-electron chi connectivity index (χ0n) is 36.5. The number of methoxy groups -OCH3 is 2. The van der Waals surface area contributed by atoms with Crippen LogP contribution in [0.2, 0.25) is 0 Å². The van der Waals surface area contributed by atoms with Gasteiger partial charge >= 0.3 is 6.01 Å². The van der Waals surface area contributed by atoms with Gasteiger partial charge in [-0.1, -0.05) is 30.3 Å². The predicted octanol–water partition coefficient (Wildman–Crippen LogP) is 6.80. The number of likely N-dealkylation sites (N-methyl/N-ethyl adjacent to an activating group) is 1. The number of ether oxygens (including phenoxy) is 3. The van der Waals surface area contributed by atoms with Gasteiger partial charge in [-0.25, -0.2) is 4.98 Å². The standard InChI is InChI=1S/C47H53N11O3S2/c1-30(37-7-6-18-51-43(37)56(23-31-8-14-35(59-4)15-9-31)24-32-10-16-36(60-5)17-11-32)55(3)44-39(22-49)45(57-28-47(29-57)41-38(21-48)42(50)63-40(41)27-62-47)53-46(52-44)61-26-34-13-12-33-25-54(2)19-20-58(33)34/h6-11,14-18,30,33-34H,12-13,19-20,23-29,50H2,1-5H3/t30-,33+,34+/m1/s1. The average Bonchev–Trinajstić information content (AvgIpc) is 3.98. The van der Waals surface area contributed by atoms with Crippen LogP contribution in [0.3, 0.4) is 0 Å². The molecule has 0 aliphatic carbocycles. The Morgan fingerprint density at radius 2 is 1.60 bits per heavy atom. The van der Waals surface area contributed by atoms with Crippen molar-refractivity contribution >= 4 is 45.6 Å². The van der Waals surface area contributed by atoms with Crippen LogP contribution in [0.4, 0.5) is 22.5 Å². The first-order chi connectivity index (χ1) is 30.6. The number of nitriles is 2. The number of piperazine rings is 1. The number of aromatic nitrogens is 3. The zero-order valence-corrected chi connectivity index (χ0v) is 38.1. The molecule has 326 valence electrons. The van der Waals surface area contributed by atoms with Crippen LogP contribution in [0.5, 0.6) is 17.5 Å². The number of anilines is 4. The lowest BCUT2D eigenvalue weighted by Gasteiger charge is -2.48. The number of nitrogen functional groups attached to an aromatic ring is 1. The van der Waals surface area contributed by atoms with E-state index in [-0.39, 0.29) is 22.8 Å². The minimum Gasteiger partial charge on any atom is -0.497 e. The molecule has 4 aliphatic heterocycles. The molecular formula is C47H53N11O3S2. The fourth-order valence-electron chi connectivity index (χ4n) is 9.67. The third-order valence-electron chi connectivity index (χ3n) is 13.2. The number of benzene rings is 2. The third-order valence-corrected chi connectivity index (χ3v) is 15.8. The third kappa shape index (κ3) is 8.17. The van der Waals surface area contributed by atoms with Gasteiger partial charge in [0.05, 0.1) is 30.6 Å². The average molecular weight is 884 g/mol. The number of nitrogens with zero attached hydrogens (tertiary/aromatic N) is 10. The van der Waals surface area contributed by atoms with Gasteiger partial charge in [-0.15, -0.1) is 23.1 Å². The Hall–Kier alpha value is -5.78. The van der Waals surface area contributed by atoms with Crippen LogP contribution in [0.25, 0.3) is 0 Å². The number of fused-ring (bicyclic) bond motifs is 3. The summed E-state index contributed by atoms with van der Waals surface area (Å²) in [7, 11) is 7.51. The highest BCUT2D eigenvalue weighted by atomic mass is 32.2. The molecule has 0 bridgehead atoms. The molecule has 0 radical (unpaired) electrons. The molecule has 3 fully saturated rings. The Morgan fingerprint density at radius 1 is 0.921 bits per heavy atom. The van der Waals surface area contributed by atoms with Crippen molar-refractivity contribution in [3.63, 3.8) is 0 Å². The van der Waals surface area contributed by atoms with Crippen molar-refractivity contribution in [2.45, 2.75) is 61.5 Å². The van der Waals surface area contributed by atoms with Crippen molar-refractivity contribution in [3.05, 3.63) is 105 Å². The Morgan fingerprint density at radius 3 is 2.25 bits per heavy atom. The normalized spacial score (nSPS) is 19.4. The van der Waals surface area contributed by atoms with E-state index in [0.29, 0.717) is 66.6 Å². The molecule has 63 heavy (non-hydrogen) atoms. The van der Waals surface area contributed by atoms with Crippen molar-refractivity contribution in [1.29, 1.82) is 10.5 Å². The van der Waals surface area contributed by atoms with Crippen molar-refractivity contribution in [2.24, 2.45) is 0 Å². The van der Waals surface area contributed by atoms with E-state index in [2.05, 4.69) is 76.0 Å². The molecule has 0 amide bonds. The zero-order chi connectivity index (χ0) is 43.8. The van der Waals surface area contributed by atoms with Gasteiger partial charge in [-0.3, -0.25) is 4.90 Å². The highest BCUT2D eigenvalue weighted by Gasteiger charge is 2.53. The van der Waals surface area contributed by atoms with Gasteiger partial charge in [0.1, 0.15) is 46.6 Å². The molecule has 3 aromatic heterocycles. The van der Waals surface area contributed by atoms with Crippen LogP contribution in [-0.4, -0.2) is 104 Å². The Labute approximate surface area is 377 Å². The summed E-state index contributed by atoms with van der Waals surface area (Å²) in [6.45, 7) is 8.04. The summed E-state index contributed by atoms with van der Waals surface area (Å²) in [5.41, 5.74) is 11.5. The summed E-state index contributed by atoms with van der Waals surface area (Å²) >= 11 is 3.35. The van der Waals surface area contributed by atoms with Crippen molar-refractivity contribution < 1.29 is 14.2 Å². The molecule has 1 spiro atoms. The largest absolute Gasteiger partial charge is 0.497 e. The maximum atomic E-state index is 11.0. The van der Waals surface area contributed by atoms with E-state index >= 15 is 0 Å². The van der Waals surface area contributed by atoms with Gasteiger partial charge in [0.2, 0.25) is 0 Å². The molecule has 16 heteroatoms. The highest BCUT2D eigenvalue weighted by Crippen LogP contribution is 2.58. The maximum Gasteiger partial charge on any atom is 0.320 e. The molecule has 5 aromatic rings. The van der Waals surface area contributed by atoms with Gasteiger partial charge in [0.15, 0.2) is 11.6 Å². The molecular weight excluding hydrogens is 831 g/mol. The second-order valence-corrected chi connectivity index (χ2v) is 19.5. The van der Waals surface area contributed by atoms with Crippen LogP contribution in [0.15, 0.2) is 66.9 Å². The Kier molecular flexibility index (Phi) is 12.0. The molecule has 4 aliphatic rings. The fourth-order valence-corrected chi connectivity index (χ4v) is 12.5. The molecule has 3 saturated heterocycles. The predicted molar refractivity (Wildman–Crippen MR) is 249 cm³/mol. The van der Waals surface area contributed by atoms with E-state index in [1.807, 2.05) is 60.2 Å². The summed E-state index contributed by atoms with van der Waals surface area (Å²) in [4.78, 5) is 27.7. The minimum absolute atomic E-state index is 0.251. The van der Waals surface area contributed by atoms with Gasteiger partial charge < -0.3 is 39.5 Å². The van der Waals surface area contributed by atoms with E-state index < -0.39 is 0 Å². The van der Waals surface area contributed by atoms with E-state index in [4.69, 9.17) is 34.9 Å². The molecule has 7 heterocycles. The van der Waals surface area contributed by atoms with E-state index in [0.717, 1.165) is 82.7 Å². The van der Waals surface area contributed by atoms with E-state index in [1.165, 1.54) is 11.3 Å². The molecule has 3 atom stereocenters. The summed E-state index contributed by atoms with van der Waals surface area (Å²) in [6.07, 6.45) is 4.02. The lowest BCUT2D eigenvalue weighted by atomic mass is 9.88.